The molecule has 0 atom stereocenters. The number of benzene rings is 2. The van der Waals surface area contributed by atoms with Gasteiger partial charge in [-0.3, -0.25) is 0 Å². The van der Waals surface area contributed by atoms with Gasteiger partial charge in [0, 0.05) is 6.10 Å². The molecule has 0 saturated heterocycles. The van der Waals surface area contributed by atoms with Crippen molar-refractivity contribution in [2.45, 2.75) is 20.0 Å². The summed E-state index contributed by atoms with van der Waals surface area (Å²) in [4.78, 5) is 0. The highest BCUT2D eigenvalue weighted by atomic mass is 28.4. The van der Waals surface area contributed by atoms with E-state index >= 15 is 0 Å². The molecular weight excluding hydrogens is 248 g/mol. The minimum absolute atomic E-state index is 0.171. The molecule has 0 unspecified atom stereocenters. The van der Waals surface area contributed by atoms with Gasteiger partial charge >= 0.3 is 0 Å². The van der Waals surface area contributed by atoms with Gasteiger partial charge in [-0.2, -0.15) is 0 Å². The Hall–Kier alpha value is -1.64. The molecule has 0 aliphatic rings. The maximum absolute atomic E-state index is 6.38. The third-order valence-electron chi connectivity index (χ3n) is 3.11. The van der Waals surface area contributed by atoms with Crippen molar-refractivity contribution in [1.29, 1.82) is 0 Å². The second kappa shape index (κ2) is 6.00. The summed E-state index contributed by atoms with van der Waals surface area (Å²) in [7, 11) is -2.32. The minimum atomic E-state index is -2.32. The molecule has 0 fully saturated rings. The molecular formula is C17H20OSi. The average Bonchev–Trinajstić information content (AvgIpc) is 2.46. The quantitative estimate of drug-likeness (QED) is 0.758. The predicted molar refractivity (Wildman–Crippen MR) is 84.3 cm³/mol. The van der Waals surface area contributed by atoms with Crippen LogP contribution in [0.2, 0.25) is 0 Å². The third-order valence-corrected chi connectivity index (χ3v) is 6.91. The molecule has 0 radical (unpaired) electrons. The summed E-state index contributed by atoms with van der Waals surface area (Å²) in [6.45, 7) is 8.24. The van der Waals surface area contributed by atoms with E-state index in [1.165, 1.54) is 10.4 Å². The molecule has 0 bridgehead atoms. The summed E-state index contributed by atoms with van der Waals surface area (Å²) in [5, 5.41) is 2.48. The molecule has 0 aliphatic carbocycles. The zero-order valence-corrected chi connectivity index (χ0v) is 12.5. The Balaban J connectivity index is 2.58. The lowest BCUT2D eigenvalue weighted by molar-refractivity contribution is 0.244. The van der Waals surface area contributed by atoms with Crippen LogP contribution in [0.5, 0.6) is 0 Å². The highest BCUT2D eigenvalue weighted by Crippen LogP contribution is 2.11. The molecule has 0 spiro atoms. The van der Waals surface area contributed by atoms with E-state index in [0.29, 0.717) is 0 Å². The van der Waals surface area contributed by atoms with Crippen molar-refractivity contribution in [1.82, 2.24) is 0 Å². The Morgan fingerprint density at radius 3 is 1.63 bits per heavy atom. The molecule has 1 nitrogen and oxygen atoms in total. The highest BCUT2D eigenvalue weighted by molar-refractivity contribution is 7.01. The normalized spacial score (nSPS) is 11.5. The SMILES string of the molecule is C=C[Si](OC(C)C)(c1ccccc1)c1ccccc1. The summed E-state index contributed by atoms with van der Waals surface area (Å²) in [5.74, 6) is 0. The fraction of sp³-hybridized carbons (Fsp3) is 0.176. The molecule has 0 heterocycles. The van der Waals surface area contributed by atoms with Gasteiger partial charge in [0.15, 0.2) is 0 Å². The smallest absolute Gasteiger partial charge is 0.280 e. The fourth-order valence-corrected chi connectivity index (χ4v) is 5.62. The number of hydrogen-bond donors (Lipinski definition) is 0. The fourth-order valence-electron chi connectivity index (χ4n) is 2.33. The zero-order valence-electron chi connectivity index (χ0n) is 11.5. The summed E-state index contributed by atoms with van der Waals surface area (Å²) < 4.78 is 6.38. The molecule has 0 N–H and O–H groups in total. The van der Waals surface area contributed by atoms with E-state index in [2.05, 4.69) is 69.0 Å². The van der Waals surface area contributed by atoms with Crippen LogP contribution in [-0.4, -0.2) is 14.4 Å². The van der Waals surface area contributed by atoms with Crippen molar-refractivity contribution in [2.75, 3.05) is 0 Å². The Morgan fingerprint density at radius 1 is 0.895 bits per heavy atom. The lowest BCUT2D eigenvalue weighted by Crippen LogP contribution is -2.60. The highest BCUT2D eigenvalue weighted by Gasteiger charge is 2.37. The monoisotopic (exact) mass is 268 g/mol. The second-order valence-electron chi connectivity index (χ2n) is 4.84. The van der Waals surface area contributed by atoms with Crippen molar-refractivity contribution >= 4 is 18.7 Å². The van der Waals surface area contributed by atoms with Crippen LogP contribution in [0, 0.1) is 0 Å². The van der Waals surface area contributed by atoms with Crippen LogP contribution < -0.4 is 10.4 Å². The van der Waals surface area contributed by atoms with E-state index in [0.717, 1.165) is 0 Å². The van der Waals surface area contributed by atoms with Gasteiger partial charge in [0.25, 0.3) is 8.32 Å². The first kappa shape index (κ1) is 13.8. The van der Waals surface area contributed by atoms with Crippen LogP contribution in [0.1, 0.15) is 13.8 Å². The van der Waals surface area contributed by atoms with E-state index in [4.69, 9.17) is 4.43 Å². The van der Waals surface area contributed by atoms with Crippen LogP contribution in [0.25, 0.3) is 0 Å². The first-order valence-electron chi connectivity index (χ1n) is 6.61. The molecule has 0 amide bonds. The summed E-state index contributed by atoms with van der Waals surface area (Å²) in [5.41, 5.74) is 2.03. The lowest BCUT2D eigenvalue weighted by atomic mass is 10.4. The van der Waals surface area contributed by atoms with E-state index in [-0.39, 0.29) is 6.10 Å². The third kappa shape index (κ3) is 2.86. The van der Waals surface area contributed by atoms with Crippen molar-refractivity contribution in [3.8, 4) is 0 Å². The van der Waals surface area contributed by atoms with Crippen molar-refractivity contribution < 1.29 is 4.43 Å². The van der Waals surface area contributed by atoms with Crippen molar-refractivity contribution in [3.63, 3.8) is 0 Å². The number of rotatable bonds is 5. The van der Waals surface area contributed by atoms with Gasteiger partial charge in [-0.25, -0.2) is 0 Å². The van der Waals surface area contributed by atoms with Gasteiger partial charge < -0.3 is 4.43 Å². The summed E-state index contributed by atoms with van der Waals surface area (Å²) >= 11 is 0. The summed E-state index contributed by atoms with van der Waals surface area (Å²) in [6, 6.07) is 20.9. The van der Waals surface area contributed by atoms with E-state index in [1.807, 2.05) is 17.8 Å². The van der Waals surface area contributed by atoms with Crippen LogP contribution in [0.3, 0.4) is 0 Å². The molecule has 2 heteroatoms. The first-order valence-corrected chi connectivity index (χ1v) is 8.60. The predicted octanol–water partition coefficient (Wildman–Crippen LogP) is 2.90. The summed E-state index contributed by atoms with van der Waals surface area (Å²) in [6.07, 6.45) is 0.171. The molecule has 0 aliphatic heterocycles. The van der Waals surface area contributed by atoms with Crippen LogP contribution in [0.15, 0.2) is 72.9 Å². The Bertz CT molecular complexity index is 480. The van der Waals surface area contributed by atoms with E-state index < -0.39 is 8.32 Å². The first-order chi connectivity index (χ1) is 9.19. The lowest BCUT2D eigenvalue weighted by Gasteiger charge is -2.31. The number of hydrogen-bond acceptors (Lipinski definition) is 1. The zero-order chi connectivity index (χ0) is 13.7. The molecule has 0 saturated carbocycles. The molecule has 19 heavy (non-hydrogen) atoms. The van der Waals surface area contributed by atoms with Crippen molar-refractivity contribution in [3.05, 3.63) is 72.9 Å². The molecule has 0 aromatic heterocycles. The van der Waals surface area contributed by atoms with Crippen LogP contribution >= 0.6 is 0 Å². The van der Waals surface area contributed by atoms with Gasteiger partial charge in [0.2, 0.25) is 0 Å². The molecule has 2 aromatic carbocycles. The van der Waals surface area contributed by atoms with Crippen molar-refractivity contribution in [2.24, 2.45) is 0 Å². The van der Waals surface area contributed by atoms with Gasteiger partial charge in [-0.05, 0) is 24.2 Å². The van der Waals surface area contributed by atoms with Gasteiger partial charge in [-0.15, -0.1) is 6.58 Å². The van der Waals surface area contributed by atoms with Gasteiger partial charge in [0.1, 0.15) is 0 Å². The Morgan fingerprint density at radius 2 is 1.32 bits per heavy atom. The Kier molecular flexibility index (Phi) is 4.35. The topological polar surface area (TPSA) is 9.23 Å². The maximum Gasteiger partial charge on any atom is 0.280 e. The largest absolute Gasteiger partial charge is 0.402 e. The maximum atomic E-state index is 6.38. The molecule has 2 aromatic rings. The molecule has 2 rings (SSSR count). The standard InChI is InChI=1S/C17H20OSi/c1-4-19(18-15(2)3,16-11-7-5-8-12-16)17-13-9-6-10-14-17/h4-15H,1H2,2-3H3. The van der Waals surface area contributed by atoms with E-state index in [1.54, 1.807) is 0 Å². The Labute approximate surface area is 116 Å². The van der Waals surface area contributed by atoms with Crippen LogP contribution in [-0.2, 0) is 4.43 Å². The van der Waals surface area contributed by atoms with Gasteiger partial charge in [0.05, 0.1) is 0 Å². The van der Waals surface area contributed by atoms with Gasteiger partial charge in [-0.1, -0.05) is 66.4 Å². The average molecular weight is 268 g/mol. The van der Waals surface area contributed by atoms with Crippen LogP contribution in [0.4, 0.5) is 0 Å². The van der Waals surface area contributed by atoms with E-state index in [9.17, 15) is 0 Å². The minimum Gasteiger partial charge on any atom is -0.402 e. The second-order valence-corrected chi connectivity index (χ2v) is 8.11. The molecule has 98 valence electrons.